The molecule has 194 valence electrons. The number of carbonyl (C=O) groups is 2. The van der Waals surface area contributed by atoms with Gasteiger partial charge >= 0.3 is 5.97 Å². The number of esters is 1. The molecule has 6 nitrogen and oxygen atoms in total. The van der Waals surface area contributed by atoms with Crippen molar-refractivity contribution in [2.75, 3.05) is 24.2 Å². The van der Waals surface area contributed by atoms with E-state index in [1.165, 1.54) is 0 Å². The lowest BCUT2D eigenvalue weighted by Crippen LogP contribution is -2.43. The monoisotopic (exact) mass is 625 g/mol. The van der Waals surface area contributed by atoms with Gasteiger partial charge in [0.05, 0.1) is 24.8 Å². The van der Waals surface area contributed by atoms with Gasteiger partial charge in [0.25, 0.3) is 0 Å². The van der Waals surface area contributed by atoms with Crippen molar-refractivity contribution < 1.29 is 23.8 Å². The third-order valence-corrected chi connectivity index (χ3v) is 7.06. The highest BCUT2D eigenvalue weighted by molar-refractivity contribution is 14.1. The number of carbonyl (C=O) groups excluding carboxylic acids is 2. The smallest absolute Gasteiger partial charge is 0.336 e. The summed E-state index contributed by atoms with van der Waals surface area (Å²) in [6.07, 6.45) is 7.21. The van der Waals surface area contributed by atoms with E-state index in [2.05, 4.69) is 29.2 Å². The average molecular weight is 626 g/mol. The van der Waals surface area contributed by atoms with Crippen LogP contribution < -0.4 is 4.74 Å². The molecule has 0 aliphatic carbocycles. The van der Waals surface area contributed by atoms with E-state index >= 15 is 0 Å². The highest BCUT2D eigenvalue weighted by atomic mass is 127. The molecular formula is C28H33ClINO5. The number of alkyl halides is 1. The Morgan fingerprint density at radius 2 is 2.06 bits per heavy atom. The van der Waals surface area contributed by atoms with Gasteiger partial charge in [-0.3, -0.25) is 4.79 Å². The van der Waals surface area contributed by atoms with Crippen molar-refractivity contribution in [3.63, 3.8) is 0 Å². The summed E-state index contributed by atoms with van der Waals surface area (Å²) in [6, 6.07) is 7.49. The number of hydrogen-bond acceptors (Lipinski definition) is 5. The van der Waals surface area contributed by atoms with E-state index < -0.39 is 11.9 Å². The second kappa shape index (κ2) is 14.0. The van der Waals surface area contributed by atoms with Crippen molar-refractivity contribution in [3.8, 4) is 5.75 Å². The van der Waals surface area contributed by atoms with Gasteiger partial charge in [-0.05, 0) is 56.0 Å². The molecule has 1 saturated heterocycles. The maximum Gasteiger partial charge on any atom is 0.336 e. The molecule has 2 aliphatic rings. The van der Waals surface area contributed by atoms with Gasteiger partial charge in [0, 0.05) is 34.1 Å². The predicted octanol–water partition coefficient (Wildman–Crippen LogP) is 6.10. The number of nitrogens with zero attached hydrogens (tertiary/aromatic N) is 1. The molecule has 3 rings (SSSR count). The van der Waals surface area contributed by atoms with Crippen molar-refractivity contribution in [2.45, 2.75) is 45.8 Å². The molecule has 1 aromatic rings. The zero-order valence-electron chi connectivity index (χ0n) is 20.8. The van der Waals surface area contributed by atoms with Crippen molar-refractivity contribution in [1.29, 1.82) is 0 Å². The number of rotatable bonds is 11. The molecule has 1 aromatic carbocycles. The molecule has 8 heteroatoms. The highest BCUT2D eigenvalue weighted by Gasteiger charge is 2.38. The molecule has 36 heavy (non-hydrogen) atoms. The van der Waals surface area contributed by atoms with Crippen LogP contribution in [0.5, 0.6) is 5.75 Å². The SMILES string of the molecule is C=C(/C=C\C(Cl)=C/C)[C@@H]1CC(=O)N(C[C@H]2CCCO2)C(C)=C1C(=O)OCc1ccc(OCCI)cc1. The summed E-state index contributed by atoms with van der Waals surface area (Å²) in [7, 11) is 0. The number of hydrogen-bond donors (Lipinski definition) is 0. The van der Waals surface area contributed by atoms with E-state index in [9.17, 15) is 9.59 Å². The number of amides is 1. The summed E-state index contributed by atoms with van der Waals surface area (Å²) in [6.45, 7) is 9.65. The Bertz CT molecular complexity index is 1040. The number of benzene rings is 1. The quantitative estimate of drug-likeness (QED) is 0.129. The first-order valence-electron chi connectivity index (χ1n) is 12.1. The van der Waals surface area contributed by atoms with Gasteiger partial charge < -0.3 is 19.1 Å². The Labute approximate surface area is 232 Å². The fourth-order valence-electron chi connectivity index (χ4n) is 4.27. The first-order chi connectivity index (χ1) is 17.3. The summed E-state index contributed by atoms with van der Waals surface area (Å²) >= 11 is 8.37. The average Bonchev–Trinajstić information content (AvgIpc) is 3.40. The highest BCUT2D eigenvalue weighted by Crippen LogP contribution is 2.35. The molecular weight excluding hydrogens is 593 g/mol. The second-order valence-electron chi connectivity index (χ2n) is 8.73. The molecule has 2 heterocycles. The largest absolute Gasteiger partial charge is 0.493 e. The Morgan fingerprint density at radius 3 is 2.69 bits per heavy atom. The van der Waals surface area contributed by atoms with Crippen molar-refractivity contribution >= 4 is 46.1 Å². The Hall–Kier alpha value is -2.10. The third-order valence-electron chi connectivity index (χ3n) is 6.27. The summed E-state index contributed by atoms with van der Waals surface area (Å²) in [5.74, 6) is -0.233. The van der Waals surface area contributed by atoms with Crippen molar-refractivity contribution in [3.05, 3.63) is 76.5 Å². The Morgan fingerprint density at radius 1 is 1.31 bits per heavy atom. The molecule has 0 unspecified atom stereocenters. The minimum atomic E-state index is -0.493. The molecule has 1 fully saturated rings. The third kappa shape index (κ3) is 7.70. The van der Waals surface area contributed by atoms with Gasteiger partial charge in [0.1, 0.15) is 12.4 Å². The van der Waals surface area contributed by atoms with E-state index in [1.54, 1.807) is 30.1 Å². The van der Waals surface area contributed by atoms with Gasteiger partial charge in [0.2, 0.25) is 5.91 Å². The molecule has 2 aliphatic heterocycles. The first-order valence-corrected chi connectivity index (χ1v) is 14.0. The number of ether oxygens (including phenoxy) is 3. The lowest BCUT2D eigenvalue weighted by atomic mass is 9.83. The van der Waals surface area contributed by atoms with Crippen LogP contribution in [0.4, 0.5) is 0 Å². The molecule has 0 spiro atoms. The van der Waals surface area contributed by atoms with Crippen LogP contribution in [0.2, 0.25) is 0 Å². The van der Waals surface area contributed by atoms with Crippen LogP contribution in [0.15, 0.2) is 70.9 Å². The van der Waals surface area contributed by atoms with Crippen molar-refractivity contribution in [1.82, 2.24) is 4.90 Å². The predicted molar refractivity (Wildman–Crippen MR) is 150 cm³/mol. The number of allylic oxidation sites excluding steroid dienone is 6. The lowest BCUT2D eigenvalue weighted by molar-refractivity contribution is -0.142. The minimum absolute atomic E-state index is 0.0257. The maximum atomic E-state index is 13.4. The molecule has 0 aromatic heterocycles. The van der Waals surface area contributed by atoms with Crippen LogP contribution in [0.1, 0.15) is 38.7 Å². The fraction of sp³-hybridized carbons (Fsp3) is 0.429. The van der Waals surface area contributed by atoms with Gasteiger partial charge in [0.15, 0.2) is 0 Å². The summed E-state index contributed by atoms with van der Waals surface area (Å²) in [4.78, 5) is 28.2. The van der Waals surface area contributed by atoms with Crippen LogP contribution >= 0.6 is 34.2 Å². The van der Waals surface area contributed by atoms with Crippen LogP contribution in [0.25, 0.3) is 0 Å². The van der Waals surface area contributed by atoms with Gasteiger partial charge in [-0.25, -0.2) is 4.79 Å². The second-order valence-corrected chi connectivity index (χ2v) is 10.2. The van der Waals surface area contributed by atoms with Crippen LogP contribution in [-0.4, -0.2) is 47.1 Å². The standard InChI is InChI=1S/C28H33ClINO5/c1-4-22(29)10-7-19(2)25-16-26(32)31(17-24-6-5-14-34-24)20(3)27(25)28(33)36-18-21-8-11-23(12-9-21)35-15-13-30/h4,7-12,24-25H,2,5-6,13-18H2,1,3H3/b10-7-,22-4+/t24-,25+/m1/s1. The maximum absolute atomic E-state index is 13.4. The topological polar surface area (TPSA) is 65.1 Å². The summed E-state index contributed by atoms with van der Waals surface area (Å²) in [5, 5.41) is 0.550. The van der Waals surface area contributed by atoms with Gasteiger partial charge in [-0.15, -0.1) is 0 Å². The minimum Gasteiger partial charge on any atom is -0.493 e. The molecule has 0 bridgehead atoms. The van der Waals surface area contributed by atoms with E-state index in [0.29, 0.717) is 41.6 Å². The summed E-state index contributed by atoms with van der Waals surface area (Å²) < 4.78 is 18.0. The fourth-order valence-corrected chi connectivity index (χ4v) is 4.56. The van der Waals surface area contributed by atoms with Gasteiger partial charge in [-0.1, -0.05) is 65.1 Å². The molecule has 1 amide bonds. The first kappa shape index (κ1) is 28.5. The summed E-state index contributed by atoms with van der Waals surface area (Å²) in [5.41, 5.74) is 2.51. The van der Waals surface area contributed by atoms with Gasteiger partial charge in [-0.2, -0.15) is 0 Å². The lowest BCUT2D eigenvalue weighted by Gasteiger charge is -2.35. The zero-order valence-corrected chi connectivity index (χ0v) is 23.7. The zero-order chi connectivity index (χ0) is 26.1. The Balaban J connectivity index is 1.81. The van der Waals surface area contributed by atoms with Crippen LogP contribution in [0, 0.1) is 5.92 Å². The van der Waals surface area contributed by atoms with Crippen molar-refractivity contribution in [2.24, 2.45) is 5.92 Å². The van der Waals surface area contributed by atoms with Crippen LogP contribution in [-0.2, 0) is 25.7 Å². The number of halogens is 2. The van der Waals surface area contributed by atoms with E-state index in [0.717, 1.165) is 28.6 Å². The van der Waals surface area contributed by atoms with E-state index in [1.807, 2.05) is 31.2 Å². The molecule has 0 N–H and O–H groups in total. The Kier molecular flexibility index (Phi) is 11.1. The van der Waals surface area contributed by atoms with E-state index in [-0.39, 0.29) is 25.0 Å². The van der Waals surface area contributed by atoms with Crippen LogP contribution in [0.3, 0.4) is 0 Å². The normalized spacial score (nSPS) is 20.8. The molecule has 2 atom stereocenters. The van der Waals surface area contributed by atoms with E-state index in [4.69, 9.17) is 25.8 Å². The molecule has 0 saturated carbocycles. The molecule has 0 radical (unpaired) electrons.